The molecule has 3 amide bonds. The molecule has 0 unspecified atom stereocenters. The Hall–Kier alpha value is -4.26. The lowest BCUT2D eigenvalue weighted by Crippen LogP contribution is -2.56. The van der Waals surface area contributed by atoms with E-state index in [0.717, 1.165) is 12.8 Å². The van der Waals surface area contributed by atoms with E-state index < -0.39 is 29.9 Å². The second-order valence-corrected chi connectivity index (χ2v) is 10.1. The van der Waals surface area contributed by atoms with Crippen molar-refractivity contribution in [1.29, 1.82) is 0 Å². The van der Waals surface area contributed by atoms with E-state index in [1.54, 1.807) is 12.1 Å². The summed E-state index contributed by atoms with van der Waals surface area (Å²) in [4.78, 5) is 62.5. The molecule has 4 rings (SSSR count). The molecule has 13 nitrogen and oxygen atoms in total. The first-order chi connectivity index (χ1) is 20.3. The van der Waals surface area contributed by atoms with E-state index in [2.05, 4.69) is 15.3 Å². The third-order valence-electron chi connectivity index (χ3n) is 6.97. The number of hydrogen-bond acceptors (Lipinski definition) is 9. The number of carboxylic acids is 1. The van der Waals surface area contributed by atoms with Crippen LogP contribution < -0.4 is 10.1 Å². The molecule has 0 aliphatic carbocycles. The molecule has 2 aliphatic heterocycles. The highest BCUT2D eigenvalue weighted by molar-refractivity contribution is 5.96. The van der Waals surface area contributed by atoms with Gasteiger partial charge in [-0.3, -0.25) is 14.4 Å². The van der Waals surface area contributed by atoms with Crippen LogP contribution in [0.3, 0.4) is 0 Å². The number of carboxylic acid groups (broad SMARTS) is 1. The number of benzene rings is 1. The maximum absolute atomic E-state index is 13.5. The molecule has 2 saturated heterocycles. The number of carbonyl (C=O) groups excluding carboxylic acids is 3. The number of nitrogens with zero attached hydrogens (tertiary/aromatic N) is 4. The fourth-order valence-corrected chi connectivity index (χ4v) is 4.58. The van der Waals surface area contributed by atoms with Crippen LogP contribution in [-0.2, 0) is 19.1 Å². The Morgan fingerprint density at radius 2 is 1.83 bits per heavy atom. The van der Waals surface area contributed by atoms with Crippen LogP contribution in [0.5, 0.6) is 5.88 Å². The lowest BCUT2D eigenvalue weighted by Gasteiger charge is -2.36. The fourth-order valence-electron chi connectivity index (χ4n) is 4.58. The second kappa shape index (κ2) is 15.1. The molecule has 42 heavy (non-hydrogen) atoms. The molecule has 1 aromatic carbocycles. The number of amides is 3. The van der Waals surface area contributed by atoms with Crippen molar-refractivity contribution in [3.8, 4) is 17.3 Å². The SMILES string of the molecule is CCCCOC(=O)N1CCN(C(=O)[C@H](CCC(=O)O)NC(=O)c2cc(O[C@H]3CCOC3)nc(-c3ccccc3)n2)CC1. The van der Waals surface area contributed by atoms with Gasteiger partial charge in [0.1, 0.15) is 17.8 Å². The second-order valence-electron chi connectivity index (χ2n) is 10.1. The molecule has 226 valence electrons. The van der Waals surface area contributed by atoms with Gasteiger partial charge in [-0.05, 0) is 12.8 Å². The topological polar surface area (TPSA) is 160 Å². The maximum Gasteiger partial charge on any atom is 0.409 e. The Balaban J connectivity index is 1.47. The Kier molecular flexibility index (Phi) is 11.0. The van der Waals surface area contributed by atoms with Crippen LogP contribution in [0.1, 0.15) is 49.5 Å². The van der Waals surface area contributed by atoms with Crippen molar-refractivity contribution in [2.24, 2.45) is 0 Å². The van der Waals surface area contributed by atoms with E-state index in [4.69, 9.17) is 14.2 Å². The van der Waals surface area contributed by atoms with Crippen molar-refractivity contribution in [3.63, 3.8) is 0 Å². The van der Waals surface area contributed by atoms with E-state index in [1.165, 1.54) is 15.9 Å². The summed E-state index contributed by atoms with van der Waals surface area (Å²) in [5.41, 5.74) is 0.648. The number of rotatable bonds is 12. The highest BCUT2D eigenvalue weighted by Crippen LogP contribution is 2.22. The lowest BCUT2D eigenvalue weighted by atomic mass is 10.1. The first-order valence-electron chi connectivity index (χ1n) is 14.3. The molecular formula is C29H37N5O8. The van der Waals surface area contributed by atoms with Crippen LogP contribution in [0, 0.1) is 0 Å². The Bertz CT molecular complexity index is 1230. The van der Waals surface area contributed by atoms with Gasteiger partial charge >= 0.3 is 12.1 Å². The van der Waals surface area contributed by atoms with E-state index in [1.807, 2.05) is 25.1 Å². The van der Waals surface area contributed by atoms with Crippen molar-refractivity contribution < 1.29 is 38.5 Å². The smallest absolute Gasteiger partial charge is 0.409 e. The average molecular weight is 584 g/mol. The number of aliphatic carboxylic acids is 1. The van der Waals surface area contributed by atoms with Gasteiger partial charge in [-0.25, -0.2) is 9.78 Å². The summed E-state index contributed by atoms with van der Waals surface area (Å²) >= 11 is 0. The molecule has 2 aliphatic rings. The van der Waals surface area contributed by atoms with E-state index >= 15 is 0 Å². The first kappa shape index (κ1) is 30.7. The summed E-state index contributed by atoms with van der Waals surface area (Å²) in [5, 5.41) is 12.0. The standard InChI is InChI=1S/C29H37N5O8/c1-2-3-16-41-29(39)34-14-12-33(13-15-34)28(38)22(9-10-25(35)36)31-27(37)23-18-24(42-21-11-17-40-19-21)32-26(30-23)20-7-5-4-6-8-20/h4-8,18,21-22H,2-3,9-17,19H2,1H3,(H,31,37)(H,35,36)/t21-,22-/m0/s1. The third kappa shape index (κ3) is 8.62. The minimum absolute atomic E-state index is 0.0227. The minimum atomic E-state index is -1.11. The number of aromatic nitrogens is 2. The third-order valence-corrected chi connectivity index (χ3v) is 6.97. The predicted octanol–water partition coefficient (Wildman–Crippen LogP) is 2.36. The Morgan fingerprint density at radius 3 is 2.50 bits per heavy atom. The van der Waals surface area contributed by atoms with Gasteiger partial charge in [0.25, 0.3) is 5.91 Å². The molecule has 2 atom stereocenters. The summed E-state index contributed by atoms with van der Waals surface area (Å²) in [6.45, 7) is 4.32. The van der Waals surface area contributed by atoms with Crippen LogP contribution in [0.25, 0.3) is 11.4 Å². The van der Waals surface area contributed by atoms with Gasteiger partial charge in [-0.2, -0.15) is 4.98 Å². The van der Waals surface area contributed by atoms with E-state index in [9.17, 15) is 24.3 Å². The number of piperazine rings is 1. The van der Waals surface area contributed by atoms with Crippen molar-refractivity contribution in [1.82, 2.24) is 25.1 Å². The van der Waals surface area contributed by atoms with Crippen LogP contribution in [0.2, 0.25) is 0 Å². The van der Waals surface area contributed by atoms with Crippen LogP contribution >= 0.6 is 0 Å². The molecule has 0 bridgehead atoms. The Morgan fingerprint density at radius 1 is 1.10 bits per heavy atom. The normalized spacial score (nSPS) is 17.4. The van der Waals surface area contributed by atoms with Gasteiger partial charge in [0, 0.05) is 50.7 Å². The zero-order chi connectivity index (χ0) is 29.9. The molecular weight excluding hydrogens is 546 g/mol. The van der Waals surface area contributed by atoms with E-state index in [-0.39, 0.29) is 62.5 Å². The van der Waals surface area contributed by atoms with Crippen molar-refractivity contribution in [3.05, 3.63) is 42.1 Å². The maximum atomic E-state index is 13.5. The highest BCUT2D eigenvalue weighted by atomic mass is 16.6. The summed E-state index contributed by atoms with van der Waals surface area (Å²) < 4.78 is 16.6. The molecule has 2 fully saturated rings. The van der Waals surface area contributed by atoms with Gasteiger partial charge in [0.15, 0.2) is 5.82 Å². The molecule has 3 heterocycles. The zero-order valence-electron chi connectivity index (χ0n) is 23.7. The van der Waals surface area contributed by atoms with Crippen molar-refractivity contribution in [2.75, 3.05) is 46.0 Å². The van der Waals surface area contributed by atoms with E-state index in [0.29, 0.717) is 31.8 Å². The van der Waals surface area contributed by atoms with Crippen molar-refractivity contribution >= 4 is 23.9 Å². The van der Waals surface area contributed by atoms with Crippen LogP contribution in [-0.4, -0.2) is 107 Å². The Labute approximate surface area is 244 Å². The number of hydrogen-bond donors (Lipinski definition) is 2. The quantitative estimate of drug-likeness (QED) is 0.355. The summed E-state index contributed by atoms with van der Waals surface area (Å²) in [7, 11) is 0. The monoisotopic (exact) mass is 583 g/mol. The van der Waals surface area contributed by atoms with Crippen LogP contribution in [0.4, 0.5) is 4.79 Å². The van der Waals surface area contributed by atoms with Gasteiger partial charge < -0.3 is 34.4 Å². The van der Waals surface area contributed by atoms with Gasteiger partial charge in [-0.15, -0.1) is 0 Å². The molecule has 0 saturated carbocycles. The average Bonchev–Trinajstić information content (AvgIpc) is 3.52. The minimum Gasteiger partial charge on any atom is -0.481 e. The largest absolute Gasteiger partial charge is 0.481 e. The zero-order valence-corrected chi connectivity index (χ0v) is 23.7. The molecule has 13 heteroatoms. The molecule has 2 N–H and O–H groups in total. The number of carbonyl (C=O) groups is 4. The van der Waals surface area contributed by atoms with Crippen LogP contribution in [0.15, 0.2) is 36.4 Å². The molecule has 2 aromatic rings. The summed E-state index contributed by atoms with van der Waals surface area (Å²) in [6.07, 6.45) is 1.29. The highest BCUT2D eigenvalue weighted by Gasteiger charge is 2.31. The number of ether oxygens (including phenoxy) is 3. The molecule has 0 radical (unpaired) electrons. The number of nitrogens with one attached hydrogen (secondary N) is 1. The first-order valence-corrected chi connectivity index (χ1v) is 14.3. The predicted molar refractivity (Wildman–Crippen MR) is 150 cm³/mol. The summed E-state index contributed by atoms with van der Waals surface area (Å²) in [5.74, 6) is -1.72. The number of unbranched alkanes of at least 4 members (excludes halogenated alkanes) is 1. The summed E-state index contributed by atoms with van der Waals surface area (Å²) in [6, 6.07) is 9.39. The van der Waals surface area contributed by atoms with Crippen molar-refractivity contribution in [2.45, 2.75) is 51.2 Å². The fraction of sp³-hybridized carbons (Fsp3) is 0.517. The molecule has 0 spiro atoms. The molecule has 1 aromatic heterocycles. The van der Waals surface area contributed by atoms with Gasteiger partial charge in [0.2, 0.25) is 11.8 Å². The van der Waals surface area contributed by atoms with Gasteiger partial charge in [-0.1, -0.05) is 43.7 Å². The lowest BCUT2D eigenvalue weighted by molar-refractivity contribution is -0.138. The van der Waals surface area contributed by atoms with Gasteiger partial charge in [0.05, 0.1) is 19.8 Å².